The third kappa shape index (κ3) is 1.98. The van der Waals surface area contributed by atoms with Gasteiger partial charge in [0.15, 0.2) is 0 Å². The molecule has 1 N–H and O–H groups in total. The van der Waals surface area contributed by atoms with Crippen LogP contribution >= 0.6 is 0 Å². The van der Waals surface area contributed by atoms with Crippen molar-refractivity contribution in [1.29, 1.82) is 5.26 Å². The average Bonchev–Trinajstić information content (AvgIpc) is 1.83. The summed E-state index contributed by atoms with van der Waals surface area (Å²) in [6.45, 7) is 3.35. The van der Waals surface area contributed by atoms with Crippen molar-refractivity contribution in [2.24, 2.45) is 4.99 Å². The molecule has 0 aliphatic rings. The highest BCUT2D eigenvalue weighted by atomic mass is 15.0. The van der Waals surface area contributed by atoms with Crippen molar-refractivity contribution in [3.63, 3.8) is 0 Å². The number of rotatable bonds is 1. The number of nitrogens with one attached hydrogen (secondary N) is 1. The van der Waals surface area contributed by atoms with Gasteiger partial charge in [0.25, 0.3) is 0 Å². The fourth-order valence-electron chi connectivity index (χ4n) is 0.243. The van der Waals surface area contributed by atoms with Gasteiger partial charge in [0.05, 0.1) is 0 Å². The molecule has 42 valence electrons. The summed E-state index contributed by atoms with van der Waals surface area (Å²) in [5, 5.41) is 10.7. The molecule has 3 nitrogen and oxygen atoms in total. The summed E-state index contributed by atoms with van der Waals surface area (Å²) in [6, 6.07) is 1.82. The van der Waals surface area contributed by atoms with Gasteiger partial charge >= 0.3 is 0 Å². The molecule has 0 saturated heterocycles. The van der Waals surface area contributed by atoms with Gasteiger partial charge in [-0.3, -0.25) is 4.99 Å². The van der Waals surface area contributed by atoms with Crippen molar-refractivity contribution in [2.75, 3.05) is 7.05 Å². The molecule has 0 aromatic rings. The van der Waals surface area contributed by atoms with Gasteiger partial charge in [0, 0.05) is 7.05 Å². The van der Waals surface area contributed by atoms with Gasteiger partial charge in [-0.25, -0.2) is 0 Å². The van der Waals surface area contributed by atoms with Gasteiger partial charge in [-0.05, 0) is 6.20 Å². The van der Waals surface area contributed by atoms with E-state index in [0.29, 0.717) is 0 Å². The molecule has 0 amide bonds. The first kappa shape index (κ1) is 6.70. The van der Waals surface area contributed by atoms with Gasteiger partial charge in [-0.15, -0.1) is 0 Å². The maximum atomic E-state index is 8.17. The van der Waals surface area contributed by atoms with E-state index >= 15 is 0 Å². The van der Waals surface area contributed by atoms with Crippen LogP contribution in [0.5, 0.6) is 0 Å². The highest BCUT2D eigenvalue weighted by Crippen LogP contribution is 1.64. The lowest BCUT2D eigenvalue weighted by molar-refractivity contribution is 1.25. The summed E-state index contributed by atoms with van der Waals surface area (Å²) in [7, 11) is 1.54. The molecule has 0 bridgehead atoms. The number of nitriles is 1. The fraction of sp³-hybridized carbons (Fsp3) is 0.200. The number of aliphatic imine (C=N–C) groups is 1. The third-order valence-electron chi connectivity index (χ3n) is 0.568. The molecule has 0 spiro atoms. The van der Waals surface area contributed by atoms with Crippen molar-refractivity contribution in [2.45, 2.75) is 0 Å². The number of nitrogens with zero attached hydrogens (tertiary/aromatic N) is 2. The van der Waals surface area contributed by atoms with E-state index in [1.807, 2.05) is 6.07 Å². The van der Waals surface area contributed by atoms with Crippen LogP contribution in [-0.2, 0) is 0 Å². The molecule has 3 heteroatoms. The maximum Gasteiger partial charge on any atom is 0.205 e. The summed E-state index contributed by atoms with van der Waals surface area (Å²) in [4.78, 5) is 3.57. The Morgan fingerprint density at radius 3 is 2.75 bits per heavy atom. The molecule has 0 heterocycles. The lowest BCUT2D eigenvalue weighted by Gasteiger charge is -1.88. The Kier molecular flexibility index (Phi) is 3.25. The van der Waals surface area contributed by atoms with Crippen molar-refractivity contribution < 1.29 is 0 Å². The van der Waals surface area contributed by atoms with Crippen LogP contribution < -0.4 is 5.32 Å². The number of hydrogen-bond acceptors (Lipinski definition) is 2. The Bertz CT molecular complexity index is 140. The molecular formula is C5H7N3. The molecule has 0 atom stereocenters. The quantitative estimate of drug-likeness (QED) is 0.388. The Balaban J connectivity index is 3.77. The van der Waals surface area contributed by atoms with E-state index in [1.165, 1.54) is 13.2 Å². The maximum absolute atomic E-state index is 8.17. The summed E-state index contributed by atoms with van der Waals surface area (Å²) in [5.74, 6) is 0.278. The molecule has 0 aliphatic carbocycles. The minimum atomic E-state index is 0.278. The average molecular weight is 109 g/mol. The normalized spacial score (nSPS) is 9.75. The van der Waals surface area contributed by atoms with E-state index in [4.69, 9.17) is 5.26 Å². The standard InChI is InChI=1S/C5H7N3/c1-3-8-5(4-6)7-2/h3H,1H2,2H3,(H,7,8). The molecule has 0 aromatic carbocycles. The second-order valence-corrected chi connectivity index (χ2v) is 1.03. The zero-order valence-corrected chi connectivity index (χ0v) is 4.68. The molecular weight excluding hydrogens is 102 g/mol. The molecule has 0 radical (unpaired) electrons. The molecule has 0 rings (SSSR count). The van der Waals surface area contributed by atoms with Crippen molar-refractivity contribution in [3.8, 4) is 6.07 Å². The Morgan fingerprint density at radius 2 is 2.62 bits per heavy atom. The smallest absolute Gasteiger partial charge is 0.205 e. The highest BCUT2D eigenvalue weighted by Gasteiger charge is 1.84. The van der Waals surface area contributed by atoms with Crippen LogP contribution in [0.4, 0.5) is 0 Å². The van der Waals surface area contributed by atoms with E-state index in [1.54, 1.807) is 0 Å². The molecule has 0 aliphatic heterocycles. The monoisotopic (exact) mass is 109 g/mol. The van der Waals surface area contributed by atoms with Gasteiger partial charge < -0.3 is 5.32 Å². The summed E-state index contributed by atoms with van der Waals surface area (Å²) >= 11 is 0. The Labute approximate surface area is 48.3 Å². The lowest BCUT2D eigenvalue weighted by atomic mass is 10.6. The Hall–Kier alpha value is -1.30. The van der Waals surface area contributed by atoms with Crippen LogP contribution in [0, 0.1) is 11.3 Å². The third-order valence-corrected chi connectivity index (χ3v) is 0.568. The van der Waals surface area contributed by atoms with Crippen LogP contribution in [-0.4, -0.2) is 12.9 Å². The summed E-state index contributed by atoms with van der Waals surface area (Å²) in [6.07, 6.45) is 1.41. The lowest BCUT2D eigenvalue weighted by Crippen LogP contribution is -2.13. The van der Waals surface area contributed by atoms with Crippen molar-refractivity contribution >= 4 is 5.84 Å². The minimum absolute atomic E-state index is 0.278. The fourth-order valence-corrected chi connectivity index (χ4v) is 0.243. The second-order valence-electron chi connectivity index (χ2n) is 1.03. The number of amidine groups is 1. The van der Waals surface area contributed by atoms with Crippen LogP contribution in [0.15, 0.2) is 17.8 Å². The summed E-state index contributed by atoms with van der Waals surface area (Å²) in [5.41, 5.74) is 0. The Morgan fingerprint density at radius 1 is 2.00 bits per heavy atom. The molecule has 8 heavy (non-hydrogen) atoms. The first-order valence-corrected chi connectivity index (χ1v) is 2.09. The first-order valence-electron chi connectivity index (χ1n) is 2.09. The van der Waals surface area contributed by atoms with E-state index < -0.39 is 0 Å². The zero-order valence-electron chi connectivity index (χ0n) is 4.68. The van der Waals surface area contributed by atoms with Crippen LogP contribution in [0.3, 0.4) is 0 Å². The molecule has 0 fully saturated rings. The molecule has 0 unspecified atom stereocenters. The van der Waals surface area contributed by atoms with Gasteiger partial charge in [0.1, 0.15) is 6.07 Å². The SMILES string of the molecule is C=CNC(C#N)=NC. The van der Waals surface area contributed by atoms with E-state index in [9.17, 15) is 0 Å². The van der Waals surface area contributed by atoms with Gasteiger partial charge in [-0.1, -0.05) is 6.58 Å². The predicted octanol–water partition coefficient (Wildman–Crippen LogP) is 0.271. The minimum Gasteiger partial charge on any atom is -0.339 e. The largest absolute Gasteiger partial charge is 0.339 e. The van der Waals surface area contributed by atoms with Crippen LogP contribution in [0.25, 0.3) is 0 Å². The van der Waals surface area contributed by atoms with Crippen LogP contribution in [0.1, 0.15) is 0 Å². The second kappa shape index (κ2) is 3.88. The van der Waals surface area contributed by atoms with Crippen molar-refractivity contribution in [1.82, 2.24) is 5.32 Å². The highest BCUT2D eigenvalue weighted by molar-refractivity contribution is 5.96. The topological polar surface area (TPSA) is 48.2 Å². The molecule has 0 saturated carbocycles. The van der Waals surface area contributed by atoms with E-state index in [2.05, 4.69) is 16.9 Å². The predicted molar refractivity (Wildman–Crippen MR) is 32.3 cm³/mol. The first-order chi connectivity index (χ1) is 3.85. The molecule has 0 aromatic heterocycles. The van der Waals surface area contributed by atoms with E-state index in [0.717, 1.165) is 0 Å². The van der Waals surface area contributed by atoms with Gasteiger partial charge in [-0.2, -0.15) is 5.26 Å². The summed E-state index contributed by atoms with van der Waals surface area (Å²) < 4.78 is 0. The van der Waals surface area contributed by atoms with Crippen molar-refractivity contribution in [3.05, 3.63) is 12.8 Å². The van der Waals surface area contributed by atoms with Crippen LogP contribution in [0.2, 0.25) is 0 Å². The number of hydrogen-bond donors (Lipinski definition) is 1. The van der Waals surface area contributed by atoms with E-state index in [-0.39, 0.29) is 5.84 Å². The zero-order chi connectivity index (χ0) is 6.41. The van der Waals surface area contributed by atoms with Gasteiger partial charge in [0.2, 0.25) is 5.84 Å².